The fraction of sp³-hybridized carbons (Fsp3) is 0.0741. The number of carbonyl (C=O) groups excluding carboxylic acids is 1. The SMILES string of the molecule is Cc1ccccc1-c1cnn2c(-c3cccc(NC(=O)c4cccc(C(F)(F)F)c4)c3)ccnc12. The topological polar surface area (TPSA) is 59.3 Å². The predicted octanol–water partition coefficient (Wildman–Crippen LogP) is 6.64. The zero-order valence-electron chi connectivity index (χ0n) is 18.5. The van der Waals surface area contributed by atoms with Crippen molar-refractivity contribution in [3.8, 4) is 22.4 Å². The number of anilines is 1. The van der Waals surface area contributed by atoms with Crippen LogP contribution in [0.1, 0.15) is 21.5 Å². The molecule has 5 aromatic rings. The van der Waals surface area contributed by atoms with Gasteiger partial charge in [0, 0.05) is 28.6 Å². The number of carbonyl (C=O) groups is 1. The molecule has 174 valence electrons. The van der Waals surface area contributed by atoms with E-state index in [1.165, 1.54) is 12.1 Å². The number of fused-ring (bicyclic) bond motifs is 1. The summed E-state index contributed by atoms with van der Waals surface area (Å²) in [6.45, 7) is 2.03. The summed E-state index contributed by atoms with van der Waals surface area (Å²) in [6, 6.07) is 21.2. The van der Waals surface area contributed by atoms with Crippen LogP contribution in [0, 0.1) is 6.92 Å². The molecule has 0 unspecified atom stereocenters. The Morgan fingerprint density at radius 2 is 1.71 bits per heavy atom. The molecular formula is C27H19F3N4O. The number of amides is 1. The van der Waals surface area contributed by atoms with E-state index >= 15 is 0 Å². The zero-order valence-corrected chi connectivity index (χ0v) is 18.5. The molecule has 0 aliphatic heterocycles. The van der Waals surface area contributed by atoms with Gasteiger partial charge in [-0.2, -0.15) is 18.3 Å². The number of aryl methyl sites for hydroxylation is 1. The van der Waals surface area contributed by atoms with Crippen LogP contribution in [0.15, 0.2) is 91.3 Å². The number of nitrogens with one attached hydrogen (secondary N) is 1. The van der Waals surface area contributed by atoms with Crippen LogP contribution in [-0.4, -0.2) is 20.5 Å². The lowest BCUT2D eigenvalue weighted by Gasteiger charge is -2.11. The Balaban J connectivity index is 1.47. The molecule has 35 heavy (non-hydrogen) atoms. The van der Waals surface area contributed by atoms with E-state index in [-0.39, 0.29) is 5.56 Å². The average molecular weight is 472 g/mol. The second-order valence-corrected chi connectivity index (χ2v) is 8.05. The molecule has 0 radical (unpaired) electrons. The van der Waals surface area contributed by atoms with E-state index in [2.05, 4.69) is 15.4 Å². The minimum absolute atomic E-state index is 0.0773. The van der Waals surface area contributed by atoms with Crippen molar-refractivity contribution in [1.82, 2.24) is 14.6 Å². The largest absolute Gasteiger partial charge is 0.416 e. The molecule has 5 nitrogen and oxygen atoms in total. The van der Waals surface area contributed by atoms with Crippen LogP contribution in [0.25, 0.3) is 28.0 Å². The van der Waals surface area contributed by atoms with Gasteiger partial charge >= 0.3 is 6.18 Å². The van der Waals surface area contributed by atoms with Gasteiger partial charge in [-0.3, -0.25) is 4.79 Å². The average Bonchev–Trinajstić information content (AvgIpc) is 3.28. The number of hydrogen-bond acceptors (Lipinski definition) is 3. The number of hydrogen-bond donors (Lipinski definition) is 1. The summed E-state index contributed by atoms with van der Waals surface area (Å²) in [4.78, 5) is 17.2. The minimum Gasteiger partial charge on any atom is -0.322 e. The number of halogens is 3. The Morgan fingerprint density at radius 1 is 0.914 bits per heavy atom. The Kier molecular flexibility index (Phi) is 5.56. The molecular weight excluding hydrogens is 453 g/mol. The van der Waals surface area contributed by atoms with Crippen LogP contribution in [0.5, 0.6) is 0 Å². The molecule has 0 aliphatic rings. The quantitative estimate of drug-likeness (QED) is 0.319. The molecule has 0 atom stereocenters. The van der Waals surface area contributed by atoms with Crippen molar-refractivity contribution in [2.75, 3.05) is 5.32 Å². The van der Waals surface area contributed by atoms with Crippen LogP contribution in [-0.2, 0) is 6.18 Å². The molecule has 8 heteroatoms. The maximum Gasteiger partial charge on any atom is 0.416 e. The zero-order chi connectivity index (χ0) is 24.6. The number of rotatable bonds is 4. The van der Waals surface area contributed by atoms with Gasteiger partial charge in [0.15, 0.2) is 5.65 Å². The number of alkyl halides is 3. The van der Waals surface area contributed by atoms with Gasteiger partial charge in [-0.25, -0.2) is 9.50 Å². The molecule has 1 amide bonds. The molecule has 0 saturated carbocycles. The highest BCUT2D eigenvalue weighted by atomic mass is 19.4. The molecule has 0 spiro atoms. The van der Waals surface area contributed by atoms with Crippen molar-refractivity contribution >= 4 is 17.2 Å². The van der Waals surface area contributed by atoms with Crippen molar-refractivity contribution in [2.24, 2.45) is 0 Å². The van der Waals surface area contributed by atoms with E-state index in [0.29, 0.717) is 11.3 Å². The molecule has 5 rings (SSSR count). The van der Waals surface area contributed by atoms with Gasteiger partial charge in [-0.05, 0) is 54.4 Å². The van der Waals surface area contributed by atoms with Crippen LogP contribution in [0.4, 0.5) is 18.9 Å². The number of benzene rings is 3. The molecule has 2 heterocycles. The summed E-state index contributed by atoms with van der Waals surface area (Å²) in [5, 5.41) is 7.23. The summed E-state index contributed by atoms with van der Waals surface area (Å²) in [5.74, 6) is -0.631. The lowest BCUT2D eigenvalue weighted by molar-refractivity contribution is -0.137. The number of aromatic nitrogens is 3. The maximum atomic E-state index is 13.0. The molecule has 0 fully saturated rings. The van der Waals surface area contributed by atoms with Crippen LogP contribution < -0.4 is 5.32 Å². The van der Waals surface area contributed by atoms with Crippen molar-refractivity contribution in [3.05, 3.63) is 108 Å². The molecule has 1 N–H and O–H groups in total. The third-order valence-electron chi connectivity index (χ3n) is 5.70. The highest BCUT2D eigenvalue weighted by Crippen LogP contribution is 2.31. The Morgan fingerprint density at radius 3 is 2.51 bits per heavy atom. The Bertz CT molecular complexity index is 1560. The summed E-state index contributed by atoms with van der Waals surface area (Å²) >= 11 is 0. The van der Waals surface area contributed by atoms with E-state index in [0.717, 1.165) is 40.1 Å². The summed E-state index contributed by atoms with van der Waals surface area (Å²) in [5.41, 5.74) is 4.75. The maximum absolute atomic E-state index is 13.0. The van der Waals surface area contributed by atoms with E-state index in [4.69, 9.17) is 0 Å². The van der Waals surface area contributed by atoms with Crippen molar-refractivity contribution in [1.29, 1.82) is 0 Å². The fourth-order valence-corrected chi connectivity index (χ4v) is 3.97. The van der Waals surface area contributed by atoms with Gasteiger partial charge in [-0.15, -0.1) is 0 Å². The third-order valence-corrected chi connectivity index (χ3v) is 5.70. The summed E-state index contributed by atoms with van der Waals surface area (Å²) in [7, 11) is 0. The van der Waals surface area contributed by atoms with Gasteiger partial charge in [0.25, 0.3) is 5.91 Å². The Labute approximate surface area is 198 Å². The Hall–Kier alpha value is -4.46. The van der Waals surface area contributed by atoms with Gasteiger partial charge in [-0.1, -0.05) is 42.5 Å². The van der Waals surface area contributed by atoms with E-state index < -0.39 is 17.6 Å². The lowest BCUT2D eigenvalue weighted by Crippen LogP contribution is -2.14. The monoisotopic (exact) mass is 472 g/mol. The third kappa shape index (κ3) is 4.38. The first kappa shape index (κ1) is 22.3. The summed E-state index contributed by atoms with van der Waals surface area (Å²) in [6.07, 6.45) is -1.06. The molecule has 0 aliphatic carbocycles. The molecule has 2 aromatic heterocycles. The smallest absolute Gasteiger partial charge is 0.322 e. The minimum atomic E-state index is -4.52. The number of nitrogens with zero attached hydrogens (tertiary/aromatic N) is 3. The normalized spacial score (nSPS) is 11.5. The first-order chi connectivity index (χ1) is 16.8. The highest BCUT2D eigenvalue weighted by molar-refractivity contribution is 6.04. The molecule has 0 bridgehead atoms. The van der Waals surface area contributed by atoms with Gasteiger partial charge in [0.2, 0.25) is 0 Å². The van der Waals surface area contributed by atoms with E-state index in [1.807, 2.05) is 43.3 Å². The molecule has 0 saturated heterocycles. The van der Waals surface area contributed by atoms with Gasteiger partial charge in [0.05, 0.1) is 17.5 Å². The first-order valence-corrected chi connectivity index (χ1v) is 10.8. The van der Waals surface area contributed by atoms with Crippen LogP contribution in [0.3, 0.4) is 0 Å². The van der Waals surface area contributed by atoms with Crippen LogP contribution in [0.2, 0.25) is 0 Å². The lowest BCUT2D eigenvalue weighted by atomic mass is 10.0. The van der Waals surface area contributed by atoms with Crippen molar-refractivity contribution in [3.63, 3.8) is 0 Å². The van der Waals surface area contributed by atoms with Gasteiger partial charge in [0.1, 0.15) is 0 Å². The van der Waals surface area contributed by atoms with Gasteiger partial charge < -0.3 is 5.32 Å². The first-order valence-electron chi connectivity index (χ1n) is 10.8. The predicted molar refractivity (Wildman–Crippen MR) is 128 cm³/mol. The highest BCUT2D eigenvalue weighted by Gasteiger charge is 2.30. The second-order valence-electron chi connectivity index (χ2n) is 8.05. The van der Waals surface area contributed by atoms with Crippen molar-refractivity contribution < 1.29 is 18.0 Å². The van der Waals surface area contributed by atoms with E-state index in [9.17, 15) is 18.0 Å². The second kappa shape index (κ2) is 8.72. The molecule has 3 aromatic carbocycles. The standard InChI is InChI=1S/C27H19F3N4O/c1-17-6-2-3-11-22(17)23-16-32-34-24(12-13-31-25(23)34)18-7-5-10-21(15-18)33-26(35)19-8-4-9-20(14-19)27(28,29)30/h2-16H,1H3,(H,33,35). The van der Waals surface area contributed by atoms with Crippen LogP contribution >= 0.6 is 0 Å². The fourth-order valence-electron chi connectivity index (χ4n) is 3.97. The summed E-state index contributed by atoms with van der Waals surface area (Å²) < 4.78 is 40.8. The van der Waals surface area contributed by atoms with E-state index in [1.54, 1.807) is 35.1 Å². The van der Waals surface area contributed by atoms with Crippen molar-refractivity contribution in [2.45, 2.75) is 13.1 Å².